The highest BCUT2D eigenvalue weighted by Gasteiger charge is 2.48. The summed E-state index contributed by atoms with van der Waals surface area (Å²) in [6.07, 6.45) is 13.0. The first-order chi connectivity index (χ1) is 22.2. The molecule has 0 N–H and O–H groups in total. The second kappa shape index (κ2) is 11.5. The average Bonchev–Trinajstić information content (AvgIpc) is 3.74. The number of aromatic nitrogens is 4. The van der Waals surface area contributed by atoms with Gasteiger partial charge >= 0.3 is 0 Å². The van der Waals surface area contributed by atoms with E-state index in [0.29, 0.717) is 49.1 Å². The molecule has 5 heterocycles. The smallest absolute Gasteiger partial charge is 0.272 e. The molecule has 2 aromatic heterocycles. The molecular formula is C32H44N8O6S. The predicted octanol–water partition coefficient (Wildman–Crippen LogP) is 3.72. The highest BCUT2D eigenvalue weighted by molar-refractivity contribution is 7.88. The van der Waals surface area contributed by atoms with Crippen molar-refractivity contribution >= 4 is 45.4 Å². The van der Waals surface area contributed by atoms with Gasteiger partial charge < -0.3 is 9.47 Å². The molecule has 5 aliphatic rings. The summed E-state index contributed by atoms with van der Waals surface area (Å²) in [5, 5.41) is 0. The van der Waals surface area contributed by atoms with Crippen molar-refractivity contribution in [1.29, 1.82) is 0 Å². The zero-order valence-electron chi connectivity index (χ0n) is 27.8. The molecular weight excluding hydrogens is 624 g/mol. The number of hydrogen-bond acceptors (Lipinski definition) is 11. The van der Waals surface area contributed by atoms with E-state index in [1.54, 1.807) is 49.9 Å². The second-order valence-corrected chi connectivity index (χ2v) is 16.4. The van der Waals surface area contributed by atoms with Crippen molar-refractivity contribution in [2.24, 2.45) is 0 Å². The molecule has 0 spiro atoms. The Hall–Kier alpha value is -3.59. The minimum Gasteiger partial charge on any atom is -0.472 e. The number of piperidine rings is 1. The standard InChI is InChI=1S/C32H44N8O6S/c1-31(2)27(41)38(20-10-6-7-11-20)25-23(45-31)18-33-29(35-25)40(22-14-16-37(17-15-22)47(5,43)44)30-34-19-24-26(36-30)39(21-12-8-9-13-21)28(42)32(3,4)46-24/h18-22H,6-17H2,1-5H3. The third-order valence-corrected chi connectivity index (χ3v) is 11.5. The van der Waals surface area contributed by atoms with E-state index in [9.17, 15) is 18.0 Å². The Morgan fingerprint density at radius 2 is 1.13 bits per heavy atom. The number of hydrogen-bond donors (Lipinski definition) is 0. The lowest BCUT2D eigenvalue weighted by Gasteiger charge is -2.42. The average molecular weight is 669 g/mol. The molecule has 2 aromatic rings. The van der Waals surface area contributed by atoms with E-state index in [0.717, 1.165) is 51.4 Å². The van der Waals surface area contributed by atoms with Crippen LogP contribution in [-0.2, 0) is 19.6 Å². The zero-order chi connectivity index (χ0) is 33.3. The highest BCUT2D eigenvalue weighted by Crippen LogP contribution is 2.44. The van der Waals surface area contributed by atoms with E-state index in [1.165, 1.54) is 10.6 Å². The van der Waals surface area contributed by atoms with E-state index in [-0.39, 0.29) is 41.8 Å². The maximum Gasteiger partial charge on any atom is 0.272 e. The van der Waals surface area contributed by atoms with Crippen LogP contribution in [0.4, 0.5) is 23.5 Å². The topological polar surface area (TPSA) is 151 Å². The van der Waals surface area contributed by atoms with Crippen LogP contribution in [0.15, 0.2) is 12.4 Å². The molecule has 0 unspecified atom stereocenters. The van der Waals surface area contributed by atoms with Gasteiger partial charge in [0, 0.05) is 31.2 Å². The number of rotatable bonds is 6. The molecule has 7 rings (SSSR count). The number of nitrogens with zero attached hydrogens (tertiary/aromatic N) is 8. The van der Waals surface area contributed by atoms with E-state index >= 15 is 0 Å². The Kier molecular flexibility index (Phi) is 7.85. The summed E-state index contributed by atoms with van der Waals surface area (Å²) in [5.41, 5.74) is -2.13. The molecule has 0 aromatic carbocycles. The number of ether oxygens (including phenoxy) is 2. The molecule has 0 atom stereocenters. The molecule has 0 bridgehead atoms. The Morgan fingerprint density at radius 1 is 0.723 bits per heavy atom. The van der Waals surface area contributed by atoms with Gasteiger partial charge in [-0.1, -0.05) is 25.7 Å². The number of anilines is 4. The maximum atomic E-state index is 13.8. The van der Waals surface area contributed by atoms with Gasteiger partial charge in [0.2, 0.25) is 21.9 Å². The fourth-order valence-electron chi connectivity index (χ4n) is 7.69. The molecule has 3 aliphatic heterocycles. The maximum absolute atomic E-state index is 13.8. The van der Waals surface area contributed by atoms with Crippen LogP contribution in [0.1, 0.15) is 91.9 Å². The van der Waals surface area contributed by atoms with Gasteiger partial charge in [-0.25, -0.2) is 22.7 Å². The minimum atomic E-state index is -3.37. The van der Waals surface area contributed by atoms with E-state index < -0.39 is 21.2 Å². The van der Waals surface area contributed by atoms with Crippen LogP contribution in [0.5, 0.6) is 11.5 Å². The van der Waals surface area contributed by atoms with Gasteiger partial charge in [0.15, 0.2) is 34.3 Å². The lowest BCUT2D eigenvalue weighted by molar-refractivity contribution is -0.133. The van der Waals surface area contributed by atoms with E-state index in [2.05, 4.69) is 0 Å². The van der Waals surface area contributed by atoms with E-state index in [4.69, 9.17) is 29.4 Å². The number of fused-ring (bicyclic) bond motifs is 2. The number of carbonyl (C=O) groups is 2. The fourth-order valence-corrected chi connectivity index (χ4v) is 8.56. The van der Waals surface area contributed by atoms with E-state index in [1.807, 2.05) is 4.90 Å². The Balaban J connectivity index is 1.33. The molecule has 47 heavy (non-hydrogen) atoms. The summed E-state index contributed by atoms with van der Waals surface area (Å²) in [6, 6.07) is -0.257. The molecule has 2 saturated carbocycles. The number of carbonyl (C=O) groups excluding carboxylic acids is 2. The summed E-state index contributed by atoms with van der Waals surface area (Å²) < 4.78 is 38.5. The molecule has 14 nitrogen and oxygen atoms in total. The van der Waals surface area contributed by atoms with Gasteiger partial charge in [0.05, 0.1) is 18.6 Å². The van der Waals surface area contributed by atoms with Crippen molar-refractivity contribution in [2.75, 3.05) is 34.0 Å². The van der Waals surface area contributed by atoms with Crippen molar-refractivity contribution in [2.45, 2.75) is 121 Å². The minimum absolute atomic E-state index is 0.00473. The molecule has 15 heteroatoms. The van der Waals surface area contributed by atoms with Crippen molar-refractivity contribution in [3.8, 4) is 11.5 Å². The third-order valence-electron chi connectivity index (χ3n) is 10.2. The van der Waals surface area contributed by atoms with Crippen molar-refractivity contribution in [1.82, 2.24) is 24.2 Å². The monoisotopic (exact) mass is 668 g/mol. The summed E-state index contributed by atoms with van der Waals surface area (Å²) in [7, 11) is -3.37. The first-order valence-electron chi connectivity index (χ1n) is 16.8. The Bertz CT molecular complexity index is 1580. The zero-order valence-corrected chi connectivity index (χ0v) is 28.6. The number of sulfonamides is 1. The van der Waals surface area contributed by atoms with Crippen molar-refractivity contribution in [3.05, 3.63) is 12.4 Å². The van der Waals surface area contributed by atoms with Gasteiger partial charge in [-0.2, -0.15) is 9.97 Å². The van der Waals surface area contributed by atoms with Crippen LogP contribution in [0.25, 0.3) is 0 Å². The first-order valence-corrected chi connectivity index (χ1v) is 18.6. The van der Waals surface area contributed by atoms with Crippen LogP contribution < -0.4 is 24.2 Å². The quantitative estimate of drug-likeness (QED) is 0.443. The SMILES string of the molecule is CC1(C)Oc2cnc(N(c3ncc4c(n3)N(C3CCCC3)C(=O)C(C)(C)O4)C3CCN(S(C)(=O)=O)CC3)nc2N(C2CCCC2)C1=O. The normalized spacial score (nSPS) is 23.8. The predicted molar refractivity (Wildman–Crippen MR) is 175 cm³/mol. The Morgan fingerprint density at radius 3 is 1.51 bits per heavy atom. The molecule has 2 aliphatic carbocycles. The molecule has 254 valence electrons. The molecule has 1 saturated heterocycles. The molecule has 0 radical (unpaired) electrons. The second-order valence-electron chi connectivity index (χ2n) is 14.4. The van der Waals surface area contributed by atoms with Crippen molar-refractivity contribution < 1.29 is 27.5 Å². The summed E-state index contributed by atoms with van der Waals surface area (Å²) >= 11 is 0. The highest BCUT2D eigenvalue weighted by atomic mass is 32.2. The van der Waals surface area contributed by atoms with Crippen LogP contribution in [0, 0.1) is 0 Å². The molecule has 3 fully saturated rings. The van der Waals surface area contributed by atoms with Gasteiger partial charge in [-0.15, -0.1) is 0 Å². The summed E-state index contributed by atoms with van der Waals surface area (Å²) in [6.45, 7) is 7.67. The molecule has 2 amide bonds. The fraction of sp³-hybridized carbons (Fsp3) is 0.688. The van der Waals surface area contributed by atoms with Gasteiger partial charge in [0.25, 0.3) is 11.8 Å². The van der Waals surface area contributed by atoms with Gasteiger partial charge in [0.1, 0.15) is 0 Å². The largest absolute Gasteiger partial charge is 0.472 e. The lowest BCUT2D eigenvalue weighted by atomic mass is 10.0. The first kappa shape index (κ1) is 32.0. The summed E-state index contributed by atoms with van der Waals surface area (Å²) in [4.78, 5) is 52.4. The Labute approximate surface area is 275 Å². The van der Waals surface area contributed by atoms with Crippen LogP contribution >= 0.6 is 0 Å². The number of amides is 2. The van der Waals surface area contributed by atoms with Gasteiger partial charge in [-0.05, 0) is 66.2 Å². The third kappa shape index (κ3) is 5.68. The summed E-state index contributed by atoms with van der Waals surface area (Å²) in [5.74, 6) is 1.93. The van der Waals surface area contributed by atoms with Crippen LogP contribution in [-0.4, -0.2) is 93.1 Å². The van der Waals surface area contributed by atoms with Crippen LogP contribution in [0.2, 0.25) is 0 Å². The van der Waals surface area contributed by atoms with Crippen molar-refractivity contribution in [3.63, 3.8) is 0 Å². The van der Waals surface area contributed by atoms with Crippen LogP contribution in [0.3, 0.4) is 0 Å². The lowest BCUT2D eigenvalue weighted by Crippen LogP contribution is -2.56. The van der Waals surface area contributed by atoms with Gasteiger partial charge in [-0.3, -0.25) is 24.3 Å².